The number of hydrogen-bond donors (Lipinski definition) is 0. The number of rotatable bonds is 2. The molecule has 0 bridgehead atoms. The maximum atomic E-state index is 6.13. The molecule has 1 aliphatic rings. The molecule has 0 aliphatic heterocycles. The molecule has 6 rings (SSSR count). The molecule has 1 aliphatic carbocycles. The van der Waals surface area contributed by atoms with E-state index in [9.17, 15) is 0 Å². The van der Waals surface area contributed by atoms with Crippen molar-refractivity contribution in [3.05, 3.63) is 102 Å². The Kier molecular flexibility index (Phi) is 7.66. The average Bonchev–Trinajstić information content (AvgIpc) is 3.26. The first-order chi connectivity index (χ1) is 16.2. The molecule has 0 amide bonds. The van der Waals surface area contributed by atoms with Crippen LogP contribution in [-0.2, 0) is 32.9 Å². The Labute approximate surface area is 213 Å². The fourth-order valence-corrected chi connectivity index (χ4v) is 4.13. The van der Waals surface area contributed by atoms with Crippen molar-refractivity contribution in [3.8, 4) is 22.5 Å². The van der Waals surface area contributed by atoms with E-state index in [1.807, 2.05) is 54.9 Å². The summed E-state index contributed by atoms with van der Waals surface area (Å²) < 4.78 is 6.13. The summed E-state index contributed by atoms with van der Waals surface area (Å²) in [4.78, 5) is 13.0. The van der Waals surface area contributed by atoms with Crippen LogP contribution in [0.4, 0.5) is 0 Å². The predicted molar refractivity (Wildman–Crippen MR) is 131 cm³/mol. The summed E-state index contributed by atoms with van der Waals surface area (Å²) in [5, 5.41) is 1.14. The molecule has 4 heterocycles. The standard InChI is InChI=1S/C18H17N2O.C11H8N.Ir/c1-11-7-16(20-8-12(11)2)15-10-19-9-14-13-5-3-4-6-17(13)21-18(14)15;1-2-6-10(7-3-1)11-8-4-5-9-12-11;/h7-9H,3-6H2,1-2H3;1-6,8-9H;/q2*-1;. The van der Waals surface area contributed by atoms with Crippen molar-refractivity contribution < 1.29 is 24.5 Å². The molecule has 0 fully saturated rings. The zero-order valence-electron chi connectivity index (χ0n) is 19.3. The van der Waals surface area contributed by atoms with Crippen LogP contribution in [0.2, 0.25) is 0 Å². The zero-order chi connectivity index (χ0) is 22.6. The van der Waals surface area contributed by atoms with Gasteiger partial charge >= 0.3 is 0 Å². The number of fused-ring (bicyclic) bond motifs is 3. The molecule has 0 unspecified atom stereocenters. The molecular weight excluding hydrogens is 599 g/mol. The molecule has 1 aromatic carbocycles. The van der Waals surface area contributed by atoms with E-state index < -0.39 is 0 Å². The van der Waals surface area contributed by atoms with Crippen LogP contribution < -0.4 is 0 Å². The first-order valence-corrected chi connectivity index (χ1v) is 11.3. The van der Waals surface area contributed by atoms with Crippen LogP contribution in [0.15, 0.2) is 71.5 Å². The Morgan fingerprint density at radius 2 is 1.74 bits per heavy atom. The number of pyridine rings is 3. The summed E-state index contributed by atoms with van der Waals surface area (Å²) >= 11 is 0. The average molecular weight is 624 g/mol. The molecule has 4 aromatic heterocycles. The molecule has 4 nitrogen and oxygen atoms in total. The van der Waals surface area contributed by atoms with Gasteiger partial charge in [-0.15, -0.1) is 35.9 Å². The molecule has 0 atom stereocenters. The second-order valence-electron chi connectivity index (χ2n) is 8.34. The summed E-state index contributed by atoms with van der Waals surface area (Å²) in [6.45, 7) is 4.17. The van der Waals surface area contributed by atoms with Crippen LogP contribution in [0.1, 0.15) is 35.3 Å². The van der Waals surface area contributed by atoms with Crippen molar-refractivity contribution in [1.82, 2.24) is 15.0 Å². The number of benzene rings is 1. The van der Waals surface area contributed by atoms with Gasteiger partial charge in [0.1, 0.15) is 0 Å². The number of aromatic nitrogens is 3. The molecule has 5 heteroatoms. The molecule has 0 spiro atoms. The third-order valence-corrected chi connectivity index (χ3v) is 6.09. The second-order valence-corrected chi connectivity index (χ2v) is 8.34. The summed E-state index contributed by atoms with van der Waals surface area (Å²) in [6.07, 6.45) is 13.2. The van der Waals surface area contributed by atoms with Crippen LogP contribution in [0.3, 0.4) is 0 Å². The van der Waals surface area contributed by atoms with Crippen molar-refractivity contribution in [3.63, 3.8) is 0 Å². The SMILES string of the molecule is Cc1cnc(-c2[c-]ncc3c4c(oc23)CCCC4)cc1C.[Ir].[c-]1ccccc1-c1ccccn1. The van der Waals surface area contributed by atoms with E-state index in [0.717, 1.165) is 52.1 Å². The van der Waals surface area contributed by atoms with Gasteiger partial charge in [-0.1, -0.05) is 29.3 Å². The van der Waals surface area contributed by atoms with Crippen molar-refractivity contribution in [2.45, 2.75) is 39.5 Å². The van der Waals surface area contributed by atoms with E-state index in [4.69, 9.17) is 4.42 Å². The molecule has 1 radical (unpaired) electrons. The maximum absolute atomic E-state index is 6.13. The van der Waals surface area contributed by atoms with Crippen molar-refractivity contribution in [2.24, 2.45) is 0 Å². The smallest absolute Gasteiger partial charge is 0.0931 e. The van der Waals surface area contributed by atoms with Gasteiger partial charge in [0.15, 0.2) is 0 Å². The largest absolute Gasteiger partial charge is 0.505 e. The number of furan rings is 1. The molecule has 173 valence electrons. The van der Waals surface area contributed by atoms with Crippen LogP contribution in [-0.4, -0.2) is 15.0 Å². The van der Waals surface area contributed by atoms with Gasteiger partial charge in [0.25, 0.3) is 0 Å². The zero-order valence-corrected chi connectivity index (χ0v) is 21.7. The van der Waals surface area contributed by atoms with E-state index in [1.165, 1.54) is 29.5 Å². The van der Waals surface area contributed by atoms with E-state index in [2.05, 4.69) is 47.1 Å². The van der Waals surface area contributed by atoms with Crippen LogP contribution in [0.25, 0.3) is 33.5 Å². The normalized spacial score (nSPS) is 12.3. The van der Waals surface area contributed by atoms with Gasteiger partial charge in [0.05, 0.1) is 11.3 Å². The topological polar surface area (TPSA) is 51.8 Å². The minimum Gasteiger partial charge on any atom is -0.505 e. The van der Waals surface area contributed by atoms with Crippen molar-refractivity contribution >= 4 is 11.0 Å². The summed E-state index contributed by atoms with van der Waals surface area (Å²) in [6, 6.07) is 18.9. The molecule has 5 aromatic rings. The van der Waals surface area contributed by atoms with E-state index in [0.29, 0.717) is 0 Å². The van der Waals surface area contributed by atoms with Gasteiger partial charge in [-0.05, 0) is 79.5 Å². The first-order valence-electron chi connectivity index (χ1n) is 11.3. The van der Waals surface area contributed by atoms with Gasteiger partial charge in [0, 0.05) is 38.9 Å². The maximum Gasteiger partial charge on any atom is 0.0931 e. The Hall–Kier alpha value is -3.14. The molecular formula is C29H25IrN3O-2. The quantitative estimate of drug-likeness (QED) is 0.205. The summed E-state index contributed by atoms with van der Waals surface area (Å²) in [5.74, 6) is 1.13. The Bertz CT molecular complexity index is 1340. The molecule has 34 heavy (non-hydrogen) atoms. The predicted octanol–water partition coefficient (Wildman–Crippen LogP) is 6.73. The van der Waals surface area contributed by atoms with Crippen LogP contribution in [0, 0.1) is 26.1 Å². The third-order valence-electron chi connectivity index (χ3n) is 6.09. The monoisotopic (exact) mass is 624 g/mol. The van der Waals surface area contributed by atoms with E-state index >= 15 is 0 Å². The molecule has 0 saturated heterocycles. The van der Waals surface area contributed by atoms with Crippen molar-refractivity contribution in [1.29, 1.82) is 0 Å². The van der Waals surface area contributed by atoms with Gasteiger partial charge in [-0.3, -0.25) is 0 Å². The van der Waals surface area contributed by atoms with Crippen LogP contribution in [0.5, 0.6) is 0 Å². The van der Waals surface area contributed by atoms with E-state index in [-0.39, 0.29) is 20.1 Å². The summed E-state index contributed by atoms with van der Waals surface area (Å²) in [5.41, 5.74) is 8.43. The van der Waals surface area contributed by atoms with Gasteiger partial charge in [-0.25, -0.2) is 0 Å². The third kappa shape index (κ3) is 5.01. The Morgan fingerprint density at radius 1 is 0.882 bits per heavy atom. The van der Waals surface area contributed by atoms with Crippen LogP contribution >= 0.6 is 0 Å². The number of aryl methyl sites for hydroxylation is 4. The van der Waals surface area contributed by atoms with Gasteiger partial charge in [0.2, 0.25) is 0 Å². The summed E-state index contributed by atoms with van der Waals surface area (Å²) in [7, 11) is 0. The minimum atomic E-state index is 0. The molecule has 0 N–H and O–H groups in total. The van der Waals surface area contributed by atoms with E-state index in [1.54, 1.807) is 6.20 Å². The second kappa shape index (κ2) is 10.9. The fraction of sp³-hybridized carbons (Fsp3) is 0.207. The first kappa shape index (κ1) is 24.0. The van der Waals surface area contributed by atoms with Gasteiger partial charge in [-0.2, -0.15) is 0 Å². The Balaban J connectivity index is 0.000000180. The van der Waals surface area contributed by atoms with Gasteiger partial charge < -0.3 is 19.4 Å². The number of nitrogens with zero attached hydrogens (tertiary/aromatic N) is 3. The van der Waals surface area contributed by atoms with Crippen molar-refractivity contribution in [2.75, 3.05) is 0 Å². The molecule has 0 saturated carbocycles. The fourth-order valence-electron chi connectivity index (χ4n) is 4.13. The minimum absolute atomic E-state index is 0. The number of hydrogen-bond acceptors (Lipinski definition) is 4. The Morgan fingerprint density at radius 3 is 2.50 bits per heavy atom.